The molecule has 0 saturated heterocycles. The standard InChI is InChI=1S/C13H20O3/c1-12(2,3)13(16,9-14)8-10-6-4-5-7-11(10)15/h4-7,14-16H,8-9H2,1-3H3. The zero-order valence-corrected chi connectivity index (χ0v) is 10.1. The largest absolute Gasteiger partial charge is 0.508 e. The summed E-state index contributed by atoms with van der Waals surface area (Å²) in [4.78, 5) is 0. The topological polar surface area (TPSA) is 60.7 Å². The Balaban J connectivity index is 2.99. The predicted molar refractivity (Wildman–Crippen MR) is 63.3 cm³/mol. The second kappa shape index (κ2) is 4.44. The van der Waals surface area contributed by atoms with Crippen molar-refractivity contribution in [2.24, 2.45) is 5.41 Å². The molecule has 0 fully saturated rings. The molecule has 1 unspecified atom stereocenters. The Kier molecular flexibility index (Phi) is 3.61. The van der Waals surface area contributed by atoms with Crippen molar-refractivity contribution in [3.63, 3.8) is 0 Å². The summed E-state index contributed by atoms with van der Waals surface area (Å²) in [5, 5.41) is 29.4. The molecule has 16 heavy (non-hydrogen) atoms. The Hall–Kier alpha value is -1.06. The fourth-order valence-electron chi connectivity index (χ4n) is 1.53. The minimum atomic E-state index is -1.23. The maximum absolute atomic E-state index is 10.4. The molecule has 3 N–H and O–H groups in total. The number of para-hydroxylation sites is 1. The second-order valence-electron chi connectivity index (χ2n) is 5.25. The minimum Gasteiger partial charge on any atom is -0.508 e. The molecule has 0 amide bonds. The molecule has 0 heterocycles. The first-order chi connectivity index (χ1) is 7.30. The van der Waals surface area contributed by atoms with E-state index in [9.17, 15) is 15.3 Å². The van der Waals surface area contributed by atoms with Crippen molar-refractivity contribution in [2.45, 2.75) is 32.8 Å². The molecule has 0 aliphatic carbocycles. The summed E-state index contributed by atoms with van der Waals surface area (Å²) in [6.45, 7) is 5.26. The van der Waals surface area contributed by atoms with Crippen molar-refractivity contribution in [2.75, 3.05) is 6.61 Å². The van der Waals surface area contributed by atoms with Gasteiger partial charge in [-0.05, 0) is 17.0 Å². The summed E-state index contributed by atoms with van der Waals surface area (Å²) in [5.41, 5.74) is -1.04. The number of benzene rings is 1. The third-order valence-electron chi connectivity index (χ3n) is 3.13. The molecule has 90 valence electrons. The van der Waals surface area contributed by atoms with E-state index < -0.39 is 11.0 Å². The number of aromatic hydroxyl groups is 1. The number of phenolic OH excluding ortho intramolecular Hbond substituents is 1. The van der Waals surface area contributed by atoms with Crippen LogP contribution in [-0.4, -0.2) is 27.5 Å². The summed E-state index contributed by atoms with van der Waals surface area (Å²) in [5.74, 6) is 0.152. The Bertz CT molecular complexity index is 354. The minimum absolute atomic E-state index is 0.152. The van der Waals surface area contributed by atoms with E-state index in [1.165, 1.54) is 0 Å². The van der Waals surface area contributed by atoms with E-state index >= 15 is 0 Å². The highest BCUT2D eigenvalue weighted by molar-refractivity contribution is 5.33. The van der Waals surface area contributed by atoms with Gasteiger partial charge in [0.2, 0.25) is 0 Å². The van der Waals surface area contributed by atoms with Gasteiger partial charge in [-0.2, -0.15) is 0 Å². The average molecular weight is 224 g/mol. The van der Waals surface area contributed by atoms with Gasteiger partial charge in [0.05, 0.1) is 12.2 Å². The molecule has 1 aromatic rings. The summed E-state index contributed by atoms with van der Waals surface area (Å²) < 4.78 is 0. The molecule has 0 bridgehead atoms. The summed E-state index contributed by atoms with van der Waals surface area (Å²) in [7, 11) is 0. The van der Waals surface area contributed by atoms with Crippen LogP contribution in [0.5, 0.6) is 5.75 Å². The van der Waals surface area contributed by atoms with Crippen LogP contribution in [0.3, 0.4) is 0 Å². The van der Waals surface area contributed by atoms with E-state index in [0.717, 1.165) is 0 Å². The molecule has 3 heteroatoms. The monoisotopic (exact) mass is 224 g/mol. The quantitative estimate of drug-likeness (QED) is 0.732. The van der Waals surface area contributed by atoms with Crippen molar-refractivity contribution in [1.29, 1.82) is 0 Å². The Morgan fingerprint density at radius 2 is 1.69 bits per heavy atom. The fraction of sp³-hybridized carbons (Fsp3) is 0.538. The van der Waals surface area contributed by atoms with Crippen LogP contribution in [0.1, 0.15) is 26.3 Å². The Labute approximate surface area is 96.4 Å². The molecule has 0 aliphatic rings. The molecule has 3 nitrogen and oxygen atoms in total. The van der Waals surface area contributed by atoms with Crippen LogP contribution in [0.15, 0.2) is 24.3 Å². The van der Waals surface area contributed by atoms with Crippen LogP contribution in [-0.2, 0) is 6.42 Å². The first-order valence-electron chi connectivity index (χ1n) is 5.40. The van der Waals surface area contributed by atoms with Gasteiger partial charge >= 0.3 is 0 Å². The van der Waals surface area contributed by atoms with Crippen molar-refractivity contribution in [3.05, 3.63) is 29.8 Å². The van der Waals surface area contributed by atoms with Crippen molar-refractivity contribution < 1.29 is 15.3 Å². The van der Waals surface area contributed by atoms with E-state index in [4.69, 9.17) is 0 Å². The van der Waals surface area contributed by atoms with Crippen LogP contribution in [0.4, 0.5) is 0 Å². The zero-order valence-electron chi connectivity index (χ0n) is 10.1. The highest BCUT2D eigenvalue weighted by Crippen LogP contribution is 2.34. The van der Waals surface area contributed by atoms with Gasteiger partial charge in [-0.25, -0.2) is 0 Å². The van der Waals surface area contributed by atoms with Gasteiger partial charge < -0.3 is 15.3 Å². The highest BCUT2D eigenvalue weighted by Gasteiger charge is 2.39. The molecule has 1 rings (SSSR count). The predicted octanol–water partition coefficient (Wildman–Crippen LogP) is 1.70. The summed E-state index contributed by atoms with van der Waals surface area (Å²) in [6, 6.07) is 6.86. The van der Waals surface area contributed by atoms with Crippen molar-refractivity contribution in [1.82, 2.24) is 0 Å². The average Bonchev–Trinajstić information content (AvgIpc) is 2.19. The molecular formula is C13H20O3. The lowest BCUT2D eigenvalue weighted by Gasteiger charge is -2.39. The molecule has 0 aliphatic heterocycles. The Morgan fingerprint density at radius 3 is 2.12 bits per heavy atom. The van der Waals surface area contributed by atoms with E-state index in [2.05, 4.69) is 0 Å². The first kappa shape index (κ1) is 13.0. The van der Waals surface area contributed by atoms with E-state index in [0.29, 0.717) is 5.56 Å². The van der Waals surface area contributed by atoms with E-state index in [-0.39, 0.29) is 18.8 Å². The molecule has 0 radical (unpaired) electrons. The Morgan fingerprint density at radius 1 is 1.12 bits per heavy atom. The summed E-state index contributed by atoms with van der Waals surface area (Å²) in [6.07, 6.45) is 0.236. The second-order valence-corrected chi connectivity index (χ2v) is 5.25. The third kappa shape index (κ3) is 2.54. The van der Waals surface area contributed by atoms with Crippen LogP contribution >= 0.6 is 0 Å². The summed E-state index contributed by atoms with van der Waals surface area (Å²) >= 11 is 0. The lowest BCUT2D eigenvalue weighted by Crippen LogP contribution is -2.48. The molecule has 0 spiro atoms. The van der Waals surface area contributed by atoms with E-state index in [1.54, 1.807) is 24.3 Å². The van der Waals surface area contributed by atoms with Crippen LogP contribution in [0.2, 0.25) is 0 Å². The number of hydrogen-bond acceptors (Lipinski definition) is 3. The zero-order chi connectivity index (χ0) is 12.4. The van der Waals surface area contributed by atoms with Crippen molar-refractivity contribution >= 4 is 0 Å². The number of phenols is 1. The first-order valence-corrected chi connectivity index (χ1v) is 5.40. The lowest BCUT2D eigenvalue weighted by atomic mass is 9.73. The molecule has 1 atom stereocenters. The van der Waals surface area contributed by atoms with E-state index in [1.807, 2.05) is 20.8 Å². The van der Waals surface area contributed by atoms with Gasteiger partial charge in [0, 0.05) is 6.42 Å². The van der Waals surface area contributed by atoms with Crippen LogP contribution < -0.4 is 0 Å². The number of hydrogen-bond donors (Lipinski definition) is 3. The number of rotatable bonds is 3. The molecular weight excluding hydrogens is 204 g/mol. The fourth-order valence-corrected chi connectivity index (χ4v) is 1.53. The molecule has 0 saturated carbocycles. The SMILES string of the molecule is CC(C)(C)C(O)(CO)Cc1ccccc1O. The van der Waals surface area contributed by atoms with Gasteiger partial charge in [0.1, 0.15) is 5.75 Å². The normalized spacial score (nSPS) is 15.8. The molecule has 0 aromatic heterocycles. The van der Waals surface area contributed by atoms with Gasteiger partial charge in [0.25, 0.3) is 0 Å². The van der Waals surface area contributed by atoms with Gasteiger partial charge in [-0.1, -0.05) is 39.0 Å². The van der Waals surface area contributed by atoms with Gasteiger partial charge in [0.15, 0.2) is 0 Å². The lowest BCUT2D eigenvalue weighted by molar-refractivity contribution is -0.0941. The smallest absolute Gasteiger partial charge is 0.118 e. The van der Waals surface area contributed by atoms with Gasteiger partial charge in [-0.3, -0.25) is 0 Å². The number of aliphatic hydroxyl groups is 2. The highest BCUT2D eigenvalue weighted by atomic mass is 16.3. The number of aliphatic hydroxyl groups excluding tert-OH is 1. The van der Waals surface area contributed by atoms with Crippen LogP contribution in [0, 0.1) is 5.41 Å². The molecule has 1 aromatic carbocycles. The van der Waals surface area contributed by atoms with Crippen molar-refractivity contribution in [3.8, 4) is 5.75 Å². The maximum Gasteiger partial charge on any atom is 0.118 e. The van der Waals surface area contributed by atoms with Crippen LogP contribution in [0.25, 0.3) is 0 Å². The maximum atomic E-state index is 10.4. The van der Waals surface area contributed by atoms with Gasteiger partial charge in [-0.15, -0.1) is 0 Å². The third-order valence-corrected chi connectivity index (χ3v) is 3.13.